The van der Waals surface area contributed by atoms with Crippen LogP contribution in [0.15, 0.2) is 36.4 Å². The normalized spacial score (nSPS) is 10.8. The van der Waals surface area contributed by atoms with Gasteiger partial charge in [-0.05, 0) is 45.7 Å². The molecule has 0 aromatic heterocycles. The van der Waals surface area contributed by atoms with E-state index in [-0.39, 0.29) is 33.0 Å². The third-order valence-corrected chi connectivity index (χ3v) is 6.20. The second-order valence-corrected chi connectivity index (χ2v) is 8.88. The van der Waals surface area contributed by atoms with E-state index in [0.29, 0.717) is 34.6 Å². The number of hydrogen-bond acceptors (Lipinski definition) is 3. The summed E-state index contributed by atoms with van der Waals surface area (Å²) < 4.78 is 11.9. The number of benzene rings is 2. The van der Waals surface area contributed by atoms with E-state index in [1.807, 2.05) is 18.2 Å². The van der Waals surface area contributed by atoms with Gasteiger partial charge in [-0.25, -0.2) is 0 Å². The van der Waals surface area contributed by atoms with Gasteiger partial charge in [0.25, 0.3) is 0 Å². The maximum atomic E-state index is 12.9. The molecule has 0 saturated heterocycles. The van der Waals surface area contributed by atoms with E-state index >= 15 is 0 Å². The molecule has 0 heterocycles. The molecule has 0 saturated carbocycles. The minimum absolute atomic E-state index is 0. The van der Waals surface area contributed by atoms with Gasteiger partial charge in [0.15, 0.2) is 5.52 Å². The van der Waals surface area contributed by atoms with E-state index in [2.05, 4.69) is 13.8 Å². The van der Waals surface area contributed by atoms with Crippen LogP contribution in [-0.2, 0) is 0 Å². The van der Waals surface area contributed by atoms with Crippen molar-refractivity contribution < 1.29 is 14.3 Å². The van der Waals surface area contributed by atoms with Crippen LogP contribution in [0.4, 0.5) is 0 Å². The van der Waals surface area contributed by atoms with E-state index in [0.717, 1.165) is 49.6 Å². The van der Waals surface area contributed by atoms with Crippen LogP contribution >= 0.6 is 31.8 Å². The number of halogens is 2. The van der Waals surface area contributed by atoms with Crippen LogP contribution in [0, 0.1) is 0 Å². The van der Waals surface area contributed by atoms with Gasteiger partial charge in [-0.3, -0.25) is 4.79 Å². The van der Waals surface area contributed by atoms with Gasteiger partial charge in [0.1, 0.15) is 11.5 Å². The summed E-state index contributed by atoms with van der Waals surface area (Å²) in [5.41, 5.74) is 0.265. The SMILES string of the molecule is CCCCCOc1ccc(PC(=O)c2c(Cl)cccc2Cl)c(OCCCCC)c1.[LiH]. The standard InChI is InChI=1S/C23H29Cl2O3P.Li.H/c1-3-5-7-14-27-17-12-13-21(20(16-17)28-15-8-6-4-2)29-23(26)22-18(24)10-9-11-19(22)25;;/h9-13,16,29H,3-8,14-15H2,1-2H3;;. The third-order valence-electron chi connectivity index (χ3n) is 4.41. The molecular weight excluding hydrogens is 433 g/mol. The van der Waals surface area contributed by atoms with Gasteiger partial charge in [0.2, 0.25) is 0 Å². The summed E-state index contributed by atoms with van der Waals surface area (Å²) in [4.78, 5) is 12.9. The predicted molar refractivity (Wildman–Crippen MR) is 132 cm³/mol. The monoisotopic (exact) mass is 462 g/mol. The Morgan fingerprint density at radius 1 is 0.900 bits per heavy atom. The van der Waals surface area contributed by atoms with Crippen molar-refractivity contribution in [3.8, 4) is 11.5 Å². The van der Waals surface area contributed by atoms with E-state index in [1.54, 1.807) is 18.2 Å². The van der Waals surface area contributed by atoms with E-state index < -0.39 is 0 Å². The predicted octanol–water partition coefficient (Wildman–Crippen LogP) is 6.63. The van der Waals surface area contributed by atoms with Crippen LogP contribution < -0.4 is 14.8 Å². The maximum absolute atomic E-state index is 12.9. The molecule has 0 aliphatic rings. The van der Waals surface area contributed by atoms with Crippen LogP contribution in [0.1, 0.15) is 62.7 Å². The Hall–Kier alpha value is -0.683. The molecule has 1 unspecified atom stereocenters. The van der Waals surface area contributed by atoms with Crippen LogP contribution in [0.5, 0.6) is 11.5 Å². The summed E-state index contributed by atoms with van der Waals surface area (Å²) >= 11 is 12.4. The quantitative estimate of drug-likeness (QED) is 0.190. The van der Waals surface area contributed by atoms with Crippen molar-refractivity contribution in [2.75, 3.05) is 13.2 Å². The summed E-state index contributed by atoms with van der Waals surface area (Å²) in [5.74, 6) is 1.47. The summed E-state index contributed by atoms with van der Waals surface area (Å²) in [5, 5.41) is 1.58. The average Bonchev–Trinajstić information content (AvgIpc) is 2.70. The van der Waals surface area contributed by atoms with Crippen molar-refractivity contribution in [1.82, 2.24) is 0 Å². The number of rotatable bonds is 13. The minimum atomic E-state index is -0.130. The van der Waals surface area contributed by atoms with Crippen molar-refractivity contribution in [1.29, 1.82) is 0 Å². The van der Waals surface area contributed by atoms with Crippen LogP contribution in [0.3, 0.4) is 0 Å². The molecule has 1 atom stereocenters. The van der Waals surface area contributed by atoms with Crippen molar-refractivity contribution >= 4 is 61.5 Å². The Kier molecular flexibility index (Phi) is 13.8. The summed E-state index contributed by atoms with van der Waals surface area (Å²) in [6, 6.07) is 10.8. The van der Waals surface area contributed by atoms with Crippen molar-refractivity contribution in [3.63, 3.8) is 0 Å². The molecule has 7 heteroatoms. The molecule has 2 aromatic carbocycles. The summed E-state index contributed by atoms with van der Waals surface area (Å²) in [7, 11) is -0.130. The molecule has 0 radical (unpaired) electrons. The third kappa shape index (κ3) is 8.82. The Balaban J connectivity index is 0.00000450. The first kappa shape index (κ1) is 27.4. The van der Waals surface area contributed by atoms with Crippen LogP contribution in [-0.4, -0.2) is 37.6 Å². The van der Waals surface area contributed by atoms with Crippen molar-refractivity contribution in [3.05, 3.63) is 52.0 Å². The fraction of sp³-hybridized carbons (Fsp3) is 0.435. The van der Waals surface area contributed by atoms with Crippen molar-refractivity contribution in [2.24, 2.45) is 0 Å². The summed E-state index contributed by atoms with van der Waals surface area (Å²) in [6.45, 7) is 5.62. The Morgan fingerprint density at radius 3 is 2.10 bits per heavy atom. The topological polar surface area (TPSA) is 35.5 Å². The van der Waals surface area contributed by atoms with Gasteiger partial charge in [-0.1, -0.05) is 68.8 Å². The molecule has 0 bridgehead atoms. The zero-order valence-electron chi connectivity index (χ0n) is 17.1. The number of carbonyl (C=O) groups excluding carboxylic acids is 1. The van der Waals surface area contributed by atoms with Gasteiger partial charge >= 0.3 is 18.9 Å². The van der Waals surface area contributed by atoms with Crippen LogP contribution in [0.25, 0.3) is 0 Å². The van der Waals surface area contributed by atoms with Gasteiger partial charge < -0.3 is 9.47 Å². The molecule has 30 heavy (non-hydrogen) atoms. The Labute approximate surface area is 204 Å². The molecular formula is C23H30Cl2LiO3P. The molecule has 0 N–H and O–H groups in total. The first-order valence-electron chi connectivity index (χ1n) is 10.2. The molecule has 0 spiro atoms. The molecule has 2 rings (SSSR count). The Morgan fingerprint density at radius 2 is 1.50 bits per heavy atom. The fourth-order valence-corrected chi connectivity index (χ4v) is 4.59. The van der Waals surface area contributed by atoms with E-state index in [1.165, 1.54) is 0 Å². The zero-order valence-corrected chi connectivity index (χ0v) is 19.6. The van der Waals surface area contributed by atoms with Gasteiger partial charge in [0, 0.05) is 11.4 Å². The zero-order chi connectivity index (χ0) is 21.1. The second-order valence-electron chi connectivity index (χ2n) is 6.82. The van der Waals surface area contributed by atoms with Gasteiger partial charge in [-0.15, -0.1) is 0 Å². The molecule has 0 aliphatic carbocycles. The fourth-order valence-electron chi connectivity index (χ4n) is 2.79. The molecule has 0 aliphatic heterocycles. The average molecular weight is 463 g/mol. The van der Waals surface area contributed by atoms with E-state index in [9.17, 15) is 4.79 Å². The second kappa shape index (κ2) is 15.2. The van der Waals surface area contributed by atoms with Gasteiger partial charge in [0.05, 0.1) is 28.8 Å². The number of unbranched alkanes of at least 4 members (excludes halogenated alkanes) is 4. The number of hydrogen-bond donors (Lipinski definition) is 0. The Bertz CT molecular complexity index is 782. The molecule has 0 amide bonds. The molecule has 0 fully saturated rings. The first-order valence-corrected chi connectivity index (χ1v) is 12.0. The number of carbonyl (C=O) groups is 1. The van der Waals surface area contributed by atoms with Crippen LogP contribution in [0.2, 0.25) is 10.0 Å². The first-order chi connectivity index (χ1) is 14.1. The number of ether oxygens (including phenoxy) is 2. The van der Waals surface area contributed by atoms with E-state index in [4.69, 9.17) is 32.7 Å². The van der Waals surface area contributed by atoms with Crippen molar-refractivity contribution in [2.45, 2.75) is 52.4 Å². The summed E-state index contributed by atoms with van der Waals surface area (Å²) in [6.07, 6.45) is 6.54. The molecule has 160 valence electrons. The molecule has 2 aromatic rings. The van der Waals surface area contributed by atoms with Gasteiger partial charge in [-0.2, -0.15) is 0 Å². The molecule has 3 nitrogen and oxygen atoms in total.